The number of aryl methyl sites for hydroxylation is 2. The predicted molar refractivity (Wildman–Crippen MR) is 95.4 cm³/mol. The maximum absolute atomic E-state index is 6.04. The summed E-state index contributed by atoms with van der Waals surface area (Å²) in [7, 11) is 1.92. The van der Waals surface area contributed by atoms with Crippen molar-refractivity contribution in [2.75, 3.05) is 18.5 Å². The van der Waals surface area contributed by atoms with Crippen molar-refractivity contribution in [1.29, 1.82) is 0 Å². The second kappa shape index (κ2) is 7.25. The standard InChI is InChI=1S/C18H22N6O2/c1-12-22-18(26-23-12)15-6-3-7-19-17(15)20-9-13-5-4-8-25-16(13)14-10-21-24(2)11-14/h3,6-7,10-11,13,16H,4-5,8-9H2,1-2H3,(H,19,20)/t13-,16+/m0/s1. The lowest BCUT2D eigenvalue weighted by atomic mass is 9.91. The molecule has 0 aliphatic carbocycles. The summed E-state index contributed by atoms with van der Waals surface area (Å²) in [5, 5.41) is 11.6. The molecule has 1 fully saturated rings. The molecule has 0 unspecified atom stereocenters. The largest absolute Gasteiger partial charge is 0.373 e. The highest BCUT2D eigenvalue weighted by atomic mass is 16.5. The summed E-state index contributed by atoms with van der Waals surface area (Å²) < 4.78 is 13.2. The van der Waals surface area contributed by atoms with Crippen LogP contribution in [0.25, 0.3) is 11.5 Å². The minimum atomic E-state index is 0.0442. The summed E-state index contributed by atoms with van der Waals surface area (Å²) in [4.78, 5) is 8.76. The molecule has 1 N–H and O–H groups in total. The Morgan fingerprint density at radius 1 is 1.38 bits per heavy atom. The van der Waals surface area contributed by atoms with Gasteiger partial charge in [0.2, 0.25) is 0 Å². The molecule has 0 spiro atoms. The van der Waals surface area contributed by atoms with Crippen molar-refractivity contribution in [3.8, 4) is 11.5 Å². The first-order chi connectivity index (χ1) is 12.7. The van der Waals surface area contributed by atoms with Crippen molar-refractivity contribution >= 4 is 5.82 Å². The molecule has 136 valence electrons. The van der Waals surface area contributed by atoms with Crippen LogP contribution in [0.1, 0.15) is 30.3 Å². The maximum atomic E-state index is 6.04. The van der Waals surface area contributed by atoms with Gasteiger partial charge in [0.05, 0.1) is 17.9 Å². The molecule has 0 saturated carbocycles. The molecule has 3 aromatic heterocycles. The zero-order chi connectivity index (χ0) is 17.9. The van der Waals surface area contributed by atoms with E-state index in [1.54, 1.807) is 13.1 Å². The zero-order valence-electron chi connectivity index (χ0n) is 14.9. The fourth-order valence-electron chi connectivity index (χ4n) is 3.36. The summed E-state index contributed by atoms with van der Waals surface area (Å²) in [5.74, 6) is 2.16. The van der Waals surface area contributed by atoms with Crippen molar-refractivity contribution in [3.63, 3.8) is 0 Å². The first-order valence-corrected chi connectivity index (χ1v) is 8.80. The molecular weight excluding hydrogens is 332 g/mol. The van der Waals surface area contributed by atoms with Gasteiger partial charge in [-0.05, 0) is 31.9 Å². The molecule has 0 amide bonds. The van der Waals surface area contributed by atoms with E-state index in [0.717, 1.165) is 42.9 Å². The second-order valence-corrected chi connectivity index (χ2v) is 6.57. The first-order valence-electron chi connectivity index (χ1n) is 8.80. The Bertz CT molecular complexity index is 874. The van der Waals surface area contributed by atoms with E-state index in [-0.39, 0.29) is 6.10 Å². The molecule has 0 bridgehead atoms. The van der Waals surface area contributed by atoms with E-state index in [2.05, 4.69) is 25.5 Å². The number of hydrogen-bond donors (Lipinski definition) is 1. The Labute approximate surface area is 151 Å². The molecular formula is C18H22N6O2. The van der Waals surface area contributed by atoms with Crippen LogP contribution in [0.15, 0.2) is 35.2 Å². The Morgan fingerprint density at radius 2 is 2.31 bits per heavy atom. The van der Waals surface area contributed by atoms with E-state index < -0.39 is 0 Å². The summed E-state index contributed by atoms with van der Waals surface area (Å²) >= 11 is 0. The molecule has 0 aromatic carbocycles. The van der Waals surface area contributed by atoms with Gasteiger partial charge in [0.1, 0.15) is 5.82 Å². The van der Waals surface area contributed by atoms with E-state index in [1.165, 1.54) is 0 Å². The molecule has 8 heteroatoms. The highest BCUT2D eigenvalue weighted by molar-refractivity contribution is 5.68. The Hall–Kier alpha value is -2.74. The van der Waals surface area contributed by atoms with Gasteiger partial charge in [-0.1, -0.05) is 5.16 Å². The van der Waals surface area contributed by atoms with E-state index in [4.69, 9.17) is 9.26 Å². The third-order valence-electron chi connectivity index (χ3n) is 4.60. The molecule has 8 nitrogen and oxygen atoms in total. The van der Waals surface area contributed by atoms with E-state index in [1.807, 2.05) is 36.3 Å². The molecule has 2 atom stereocenters. The summed E-state index contributed by atoms with van der Waals surface area (Å²) in [6.07, 6.45) is 7.86. The molecule has 4 heterocycles. The van der Waals surface area contributed by atoms with Crippen LogP contribution in [0.5, 0.6) is 0 Å². The highest BCUT2D eigenvalue weighted by Crippen LogP contribution is 2.34. The number of rotatable bonds is 5. The van der Waals surface area contributed by atoms with E-state index >= 15 is 0 Å². The van der Waals surface area contributed by atoms with Crippen molar-refractivity contribution in [2.45, 2.75) is 25.9 Å². The van der Waals surface area contributed by atoms with Crippen LogP contribution < -0.4 is 5.32 Å². The van der Waals surface area contributed by atoms with Crippen LogP contribution in [0.3, 0.4) is 0 Å². The second-order valence-electron chi connectivity index (χ2n) is 6.57. The minimum absolute atomic E-state index is 0.0442. The summed E-state index contributed by atoms with van der Waals surface area (Å²) in [6, 6.07) is 3.79. The van der Waals surface area contributed by atoms with Crippen molar-refractivity contribution < 1.29 is 9.26 Å². The molecule has 0 radical (unpaired) electrons. The van der Waals surface area contributed by atoms with Crippen LogP contribution in [-0.2, 0) is 11.8 Å². The monoisotopic (exact) mass is 354 g/mol. The number of ether oxygens (including phenoxy) is 1. The topological polar surface area (TPSA) is 90.9 Å². The van der Waals surface area contributed by atoms with Crippen LogP contribution >= 0.6 is 0 Å². The number of anilines is 1. The van der Waals surface area contributed by atoms with Gasteiger partial charge in [-0.3, -0.25) is 4.68 Å². The molecule has 4 rings (SSSR count). The number of nitrogens with one attached hydrogen (secondary N) is 1. The quantitative estimate of drug-likeness (QED) is 0.753. The fraction of sp³-hybridized carbons (Fsp3) is 0.444. The number of aromatic nitrogens is 5. The Kier molecular flexibility index (Phi) is 4.66. The number of pyridine rings is 1. The normalized spacial score (nSPS) is 20.2. The zero-order valence-corrected chi connectivity index (χ0v) is 14.9. The van der Waals surface area contributed by atoms with Crippen molar-refractivity contribution in [2.24, 2.45) is 13.0 Å². The lowest BCUT2D eigenvalue weighted by Crippen LogP contribution is -2.28. The van der Waals surface area contributed by atoms with Gasteiger partial charge in [0, 0.05) is 44.1 Å². The maximum Gasteiger partial charge on any atom is 0.261 e. The third kappa shape index (κ3) is 3.45. The highest BCUT2D eigenvalue weighted by Gasteiger charge is 2.28. The van der Waals surface area contributed by atoms with Gasteiger partial charge < -0.3 is 14.6 Å². The van der Waals surface area contributed by atoms with Gasteiger partial charge in [-0.2, -0.15) is 10.1 Å². The molecule has 1 saturated heterocycles. The minimum Gasteiger partial charge on any atom is -0.373 e. The van der Waals surface area contributed by atoms with Crippen LogP contribution in [0.4, 0.5) is 5.82 Å². The van der Waals surface area contributed by atoms with Crippen LogP contribution in [0.2, 0.25) is 0 Å². The Balaban J connectivity index is 1.51. The van der Waals surface area contributed by atoms with Gasteiger partial charge in [-0.25, -0.2) is 4.98 Å². The fourth-order valence-corrected chi connectivity index (χ4v) is 3.36. The third-order valence-corrected chi connectivity index (χ3v) is 4.60. The molecule has 26 heavy (non-hydrogen) atoms. The lowest BCUT2D eigenvalue weighted by molar-refractivity contribution is -0.0239. The number of hydrogen-bond acceptors (Lipinski definition) is 7. The average molecular weight is 354 g/mol. The lowest BCUT2D eigenvalue weighted by Gasteiger charge is -2.31. The van der Waals surface area contributed by atoms with Crippen LogP contribution in [-0.4, -0.2) is 38.1 Å². The van der Waals surface area contributed by atoms with E-state index in [0.29, 0.717) is 17.6 Å². The predicted octanol–water partition coefficient (Wildman–Crippen LogP) is 2.75. The van der Waals surface area contributed by atoms with E-state index in [9.17, 15) is 0 Å². The number of nitrogens with zero attached hydrogens (tertiary/aromatic N) is 5. The smallest absolute Gasteiger partial charge is 0.261 e. The van der Waals surface area contributed by atoms with Crippen LogP contribution in [0, 0.1) is 12.8 Å². The van der Waals surface area contributed by atoms with Gasteiger partial charge in [0.15, 0.2) is 5.82 Å². The molecule has 1 aliphatic heterocycles. The van der Waals surface area contributed by atoms with Gasteiger partial charge >= 0.3 is 0 Å². The molecule has 3 aromatic rings. The summed E-state index contributed by atoms with van der Waals surface area (Å²) in [5.41, 5.74) is 1.93. The Morgan fingerprint density at radius 3 is 3.08 bits per heavy atom. The van der Waals surface area contributed by atoms with Gasteiger partial charge in [0.25, 0.3) is 5.89 Å². The van der Waals surface area contributed by atoms with Crippen molar-refractivity contribution in [1.82, 2.24) is 24.9 Å². The first kappa shape index (κ1) is 16.7. The SMILES string of the molecule is Cc1noc(-c2cccnc2NC[C@@H]2CCCO[C@H]2c2cnn(C)c2)n1. The molecule has 1 aliphatic rings. The average Bonchev–Trinajstić information content (AvgIpc) is 3.29. The summed E-state index contributed by atoms with van der Waals surface area (Å²) in [6.45, 7) is 3.33. The van der Waals surface area contributed by atoms with Gasteiger partial charge in [-0.15, -0.1) is 0 Å². The van der Waals surface area contributed by atoms with Crippen molar-refractivity contribution in [3.05, 3.63) is 42.1 Å².